The van der Waals surface area contributed by atoms with Crippen LogP contribution in [0.3, 0.4) is 0 Å². The Labute approximate surface area is 107 Å². The van der Waals surface area contributed by atoms with Crippen molar-refractivity contribution in [2.75, 3.05) is 20.3 Å². The molecule has 0 aliphatic carbocycles. The van der Waals surface area contributed by atoms with Crippen molar-refractivity contribution in [3.05, 3.63) is 24.3 Å². The van der Waals surface area contributed by atoms with E-state index in [9.17, 15) is 0 Å². The van der Waals surface area contributed by atoms with E-state index >= 15 is 0 Å². The smallest absolute Gasteiger partial charge is 0.231 e. The van der Waals surface area contributed by atoms with Gasteiger partial charge in [0.2, 0.25) is 5.79 Å². The van der Waals surface area contributed by atoms with E-state index in [0.717, 1.165) is 11.4 Å². The quantitative estimate of drug-likeness (QED) is 0.592. The van der Waals surface area contributed by atoms with Crippen LogP contribution in [0.4, 0.5) is 5.69 Å². The molecule has 0 unspecified atom stereocenters. The number of methoxy groups -OCH3 is 1. The molecule has 0 amide bonds. The van der Waals surface area contributed by atoms with Gasteiger partial charge in [0.1, 0.15) is 5.75 Å². The number of hydrogen-bond donors (Lipinski definition) is 0. The Hall–Kier alpha value is -1.83. The largest absolute Gasteiger partial charge is 0.497 e. The molecule has 0 radical (unpaired) electrons. The predicted molar refractivity (Wildman–Crippen MR) is 69.2 cm³/mol. The van der Waals surface area contributed by atoms with Crippen LogP contribution in [0.5, 0.6) is 5.75 Å². The number of benzene rings is 1. The molecule has 4 heteroatoms. The Kier molecular flexibility index (Phi) is 3.98. The summed E-state index contributed by atoms with van der Waals surface area (Å²) in [5, 5.41) is 0. The van der Waals surface area contributed by atoms with Gasteiger partial charge in [-0.05, 0) is 36.1 Å². The van der Waals surface area contributed by atoms with Crippen LogP contribution >= 0.6 is 0 Å². The number of ether oxygens (including phenoxy) is 3. The van der Waals surface area contributed by atoms with Crippen molar-refractivity contribution < 1.29 is 14.2 Å². The van der Waals surface area contributed by atoms with Crippen molar-refractivity contribution in [2.24, 2.45) is 4.99 Å². The van der Waals surface area contributed by atoms with Gasteiger partial charge in [-0.25, -0.2) is 4.99 Å². The minimum Gasteiger partial charge on any atom is -0.497 e. The third-order valence-corrected chi connectivity index (χ3v) is 2.49. The number of rotatable bonds is 2. The number of nitrogens with zero attached hydrogens (tertiary/aromatic N) is 1. The Bertz CT molecular complexity index is 476. The second kappa shape index (κ2) is 5.67. The van der Waals surface area contributed by atoms with Crippen molar-refractivity contribution >= 4 is 11.9 Å². The maximum atomic E-state index is 5.35. The molecule has 0 aromatic heterocycles. The lowest BCUT2D eigenvalue weighted by Gasteiger charge is -2.13. The molecule has 94 valence electrons. The van der Waals surface area contributed by atoms with Crippen LogP contribution in [-0.2, 0) is 9.47 Å². The monoisotopic (exact) mass is 245 g/mol. The normalized spacial score (nSPS) is 17.4. The highest BCUT2D eigenvalue weighted by molar-refractivity contribution is 5.81. The van der Waals surface area contributed by atoms with Gasteiger partial charge >= 0.3 is 0 Å². The average molecular weight is 245 g/mol. The Morgan fingerprint density at radius 2 is 1.94 bits per heavy atom. The molecule has 0 atom stereocenters. The van der Waals surface area contributed by atoms with E-state index in [4.69, 9.17) is 14.2 Å². The van der Waals surface area contributed by atoms with Gasteiger partial charge in [-0.3, -0.25) is 0 Å². The molecule has 18 heavy (non-hydrogen) atoms. The molecule has 4 nitrogen and oxygen atoms in total. The van der Waals surface area contributed by atoms with Crippen LogP contribution in [-0.4, -0.2) is 32.3 Å². The summed E-state index contributed by atoms with van der Waals surface area (Å²) in [4.78, 5) is 4.21. The molecule has 2 rings (SSSR count). The molecule has 1 aliphatic heterocycles. The zero-order valence-corrected chi connectivity index (χ0v) is 10.5. The zero-order valence-electron chi connectivity index (χ0n) is 10.5. The summed E-state index contributed by atoms with van der Waals surface area (Å²) in [7, 11) is 1.63. The highest BCUT2D eigenvalue weighted by Crippen LogP contribution is 2.18. The lowest BCUT2D eigenvalue weighted by Crippen LogP contribution is -2.22. The molecule has 1 saturated heterocycles. The van der Waals surface area contributed by atoms with Crippen LogP contribution in [0.15, 0.2) is 29.3 Å². The zero-order chi connectivity index (χ0) is 12.8. The van der Waals surface area contributed by atoms with Gasteiger partial charge in [0.25, 0.3) is 0 Å². The minimum atomic E-state index is -0.786. The Morgan fingerprint density at radius 1 is 1.28 bits per heavy atom. The van der Waals surface area contributed by atoms with E-state index in [1.54, 1.807) is 14.0 Å². The average Bonchev–Trinajstić information content (AvgIpc) is 2.83. The molecule has 0 N–H and O–H groups in total. The molecule has 0 bridgehead atoms. The van der Waals surface area contributed by atoms with Crippen LogP contribution in [0.25, 0.3) is 0 Å². The number of hydrogen-bond acceptors (Lipinski definition) is 4. The van der Waals surface area contributed by atoms with Crippen LogP contribution < -0.4 is 4.74 Å². The van der Waals surface area contributed by atoms with Crippen LogP contribution in [0.2, 0.25) is 0 Å². The highest BCUT2D eigenvalue weighted by Gasteiger charge is 2.28. The van der Waals surface area contributed by atoms with Gasteiger partial charge in [0, 0.05) is 6.92 Å². The standard InChI is InChI=1S/C14H15NO3/c1-14(17-10-11-18-14)8-3-9-15-12-4-6-13(16-2)7-5-12/h4-7,9H,10-11H2,1-2H3. The van der Waals surface area contributed by atoms with E-state index in [1.807, 2.05) is 24.3 Å². The van der Waals surface area contributed by atoms with Crippen molar-refractivity contribution in [1.29, 1.82) is 0 Å². The molecule has 1 heterocycles. The van der Waals surface area contributed by atoms with Gasteiger partial charge in [-0.2, -0.15) is 0 Å². The van der Waals surface area contributed by atoms with Gasteiger partial charge in [0.05, 0.1) is 32.2 Å². The summed E-state index contributed by atoms with van der Waals surface area (Å²) in [6.07, 6.45) is 1.54. The third kappa shape index (κ3) is 3.33. The summed E-state index contributed by atoms with van der Waals surface area (Å²) in [6, 6.07) is 7.43. The van der Waals surface area contributed by atoms with E-state index in [0.29, 0.717) is 13.2 Å². The molecule has 1 aliphatic rings. The lowest BCUT2D eigenvalue weighted by atomic mass is 10.3. The highest BCUT2D eigenvalue weighted by atomic mass is 16.7. The first kappa shape index (κ1) is 12.6. The summed E-state index contributed by atoms with van der Waals surface area (Å²) in [6.45, 7) is 2.97. The topological polar surface area (TPSA) is 40.0 Å². The fraction of sp³-hybridized carbons (Fsp3) is 0.357. The van der Waals surface area contributed by atoms with E-state index in [-0.39, 0.29) is 0 Å². The number of aliphatic imine (C=N–C) groups is 1. The third-order valence-electron chi connectivity index (χ3n) is 2.49. The Morgan fingerprint density at radius 3 is 2.56 bits per heavy atom. The molecule has 1 aromatic carbocycles. The van der Waals surface area contributed by atoms with Crippen molar-refractivity contribution in [3.8, 4) is 17.6 Å². The summed E-state index contributed by atoms with van der Waals surface area (Å²) in [5.74, 6) is 5.72. The van der Waals surface area contributed by atoms with E-state index in [2.05, 4.69) is 16.8 Å². The van der Waals surface area contributed by atoms with Crippen LogP contribution in [0.1, 0.15) is 6.92 Å². The first-order chi connectivity index (χ1) is 8.72. The molecular formula is C14H15NO3. The van der Waals surface area contributed by atoms with Crippen LogP contribution in [0, 0.1) is 11.8 Å². The molecule has 1 aromatic rings. The van der Waals surface area contributed by atoms with Gasteiger partial charge in [-0.1, -0.05) is 0 Å². The second-order valence-corrected chi connectivity index (χ2v) is 3.87. The summed E-state index contributed by atoms with van der Waals surface area (Å²) >= 11 is 0. The predicted octanol–water partition coefficient (Wildman–Crippen LogP) is 2.16. The molecule has 1 fully saturated rings. The second-order valence-electron chi connectivity index (χ2n) is 3.87. The maximum absolute atomic E-state index is 5.35. The van der Waals surface area contributed by atoms with E-state index < -0.39 is 5.79 Å². The molecule has 0 spiro atoms. The van der Waals surface area contributed by atoms with Crippen molar-refractivity contribution in [2.45, 2.75) is 12.7 Å². The molecular weight excluding hydrogens is 230 g/mol. The van der Waals surface area contributed by atoms with Gasteiger partial charge in [-0.15, -0.1) is 0 Å². The van der Waals surface area contributed by atoms with E-state index in [1.165, 1.54) is 6.21 Å². The lowest BCUT2D eigenvalue weighted by molar-refractivity contribution is -0.0909. The summed E-state index contributed by atoms with van der Waals surface area (Å²) in [5.41, 5.74) is 0.823. The van der Waals surface area contributed by atoms with Gasteiger partial charge in [0.15, 0.2) is 0 Å². The van der Waals surface area contributed by atoms with Crippen molar-refractivity contribution in [3.63, 3.8) is 0 Å². The first-order valence-electron chi connectivity index (χ1n) is 5.69. The van der Waals surface area contributed by atoms with Crippen molar-refractivity contribution in [1.82, 2.24) is 0 Å². The Balaban J connectivity index is 1.96. The first-order valence-corrected chi connectivity index (χ1v) is 5.69. The minimum absolute atomic E-state index is 0.584. The van der Waals surface area contributed by atoms with Gasteiger partial charge < -0.3 is 14.2 Å². The molecule has 0 saturated carbocycles. The SMILES string of the molecule is COc1ccc(N=CC#CC2(C)OCCO2)cc1. The fourth-order valence-corrected chi connectivity index (χ4v) is 1.53. The summed E-state index contributed by atoms with van der Waals surface area (Å²) < 4.78 is 15.8. The maximum Gasteiger partial charge on any atom is 0.231 e. The fourth-order valence-electron chi connectivity index (χ4n) is 1.53.